The van der Waals surface area contributed by atoms with Gasteiger partial charge in [-0.1, -0.05) is 57.6 Å². The van der Waals surface area contributed by atoms with E-state index in [1.165, 1.54) is 31.4 Å². The average Bonchev–Trinajstić information content (AvgIpc) is 2.36. The maximum absolute atomic E-state index is 13.9. The minimum absolute atomic E-state index is 0.198. The van der Waals surface area contributed by atoms with E-state index in [4.69, 9.17) is 0 Å². The van der Waals surface area contributed by atoms with Gasteiger partial charge in [0.2, 0.25) is 0 Å². The van der Waals surface area contributed by atoms with Gasteiger partial charge >= 0.3 is 0 Å². The molecule has 1 aromatic rings. The van der Waals surface area contributed by atoms with Gasteiger partial charge in [-0.2, -0.15) is 0 Å². The number of hydrogen-bond donors (Lipinski definition) is 2. The first-order valence-corrected chi connectivity index (χ1v) is 6.81. The fourth-order valence-electron chi connectivity index (χ4n) is 2.06. The van der Waals surface area contributed by atoms with Crippen LogP contribution in [-0.4, -0.2) is 10.2 Å². The number of phenolic OH excluding ortho intramolecular Hbond substituents is 2. The number of unbranched alkanes of at least 4 members (excludes halogenated alkanes) is 5. The van der Waals surface area contributed by atoms with E-state index in [1.807, 2.05) is 0 Å². The molecule has 2 N–H and O–H groups in total. The van der Waals surface area contributed by atoms with Gasteiger partial charge in [0.15, 0.2) is 11.5 Å². The lowest BCUT2D eigenvalue weighted by Gasteiger charge is -2.11. The predicted molar refractivity (Wildman–Crippen MR) is 71.6 cm³/mol. The van der Waals surface area contributed by atoms with Crippen LogP contribution in [0.25, 0.3) is 0 Å². The third kappa shape index (κ3) is 4.55. The lowest BCUT2D eigenvalue weighted by Crippen LogP contribution is -1.93. The Morgan fingerprint density at radius 3 is 2.44 bits per heavy atom. The molecule has 3 heteroatoms. The topological polar surface area (TPSA) is 40.5 Å². The predicted octanol–water partition coefficient (Wildman–Crippen LogP) is 4.86. The van der Waals surface area contributed by atoms with E-state index in [1.54, 1.807) is 6.07 Å². The molecule has 1 unspecified atom stereocenters. The number of benzene rings is 1. The lowest BCUT2D eigenvalue weighted by atomic mass is 10.0. The summed E-state index contributed by atoms with van der Waals surface area (Å²) >= 11 is 0. The van der Waals surface area contributed by atoms with Gasteiger partial charge in [0, 0.05) is 5.56 Å². The third-order valence-corrected chi connectivity index (χ3v) is 3.19. The quantitative estimate of drug-likeness (QED) is 0.514. The molecule has 0 fully saturated rings. The molecular formula is C15H23FO2. The van der Waals surface area contributed by atoms with Crippen LogP contribution in [0, 0.1) is 0 Å². The molecular weight excluding hydrogens is 231 g/mol. The number of aromatic hydroxyl groups is 2. The standard InChI is InChI=1S/C15H23FO2/c1-2-3-4-5-6-7-10-13(16)12-9-8-11-14(17)15(12)18/h8-9,11,13,17-18H,2-7,10H2,1H3. The first kappa shape index (κ1) is 14.8. The highest BCUT2D eigenvalue weighted by molar-refractivity contribution is 5.45. The van der Waals surface area contributed by atoms with E-state index in [0.717, 1.165) is 19.3 Å². The van der Waals surface area contributed by atoms with Gasteiger partial charge in [-0.15, -0.1) is 0 Å². The maximum Gasteiger partial charge on any atom is 0.163 e. The van der Waals surface area contributed by atoms with Crippen LogP contribution in [0.15, 0.2) is 18.2 Å². The molecule has 2 nitrogen and oxygen atoms in total. The Labute approximate surface area is 108 Å². The number of para-hydroxylation sites is 1. The zero-order chi connectivity index (χ0) is 13.4. The molecule has 0 radical (unpaired) electrons. The van der Waals surface area contributed by atoms with Gasteiger partial charge in [0.1, 0.15) is 6.17 Å². The number of hydrogen-bond acceptors (Lipinski definition) is 2. The second-order valence-corrected chi connectivity index (χ2v) is 4.74. The van der Waals surface area contributed by atoms with Crippen molar-refractivity contribution in [3.63, 3.8) is 0 Å². The fraction of sp³-hybridized carbons (Fsp3) is 0.600. The monoisotopic (exact) mass is 254 g/mol. The van der Waals surface area contributed by atoms with Gasteiger partial charge < -0.3 is 10.2 Å². The van der Waals surface area contributed by atoms with Crippen LogP contribution in [0.1, 0.15) is 63.6 Å². The van der Waals surface area contributed by atoms with Crippen LogP contribution in [-0.2, 0) is 0 Å². The van der Waals surface area contributed by atoms with E-state index in [-0.39, 0.29) is 17.1 Å². The molecule has 0 aliphatic heterocycles. The molecule has 0 saturated heterocycles. The summed E-state index contributed by atoms with van der Waals surface area (Å²) in [6.07, 6.45) is 5.87. The van der Waals surface area contributed by atoms with Crippen molar-refractivity contribution in [2.24, 2.45) is 0 Å². The lowest BCUT2D eigenvalue weighted by molar-refractivity contribution is 0.297. The normalized spacial score (nSPS) is 12.6. The molecule has 0 heterocycles. The summed E-state index contributed by atoms with van der Waals surface area (Å²) in [6.45, 7) is 2.17. The molecule has 0 amide bonds. The van der Waals surface area contributed by atoms with Crippen LogP contribution in [0.5, 0.6) is 11.5 Å². The van der Waals surface area contributed by atoms with E-state index >= 15 is 0 Å². The Balaban J connectivity index is 2.32. The number of phenols is 2. The van der Waals surface area contributed by atoms with Crippen molar-refractivity contribution in [2.75, 3.05) is 0 Å². The molecule has 0 aliphatic carbocycles. The fourth-order valence-corrected chi connectivity index (χ4v) is 2.06. The summed E-state index contributed by atoms with van der Waals surface area (Å²) in [5.41, 5.74) is 0.198. The van der Waals surface area contributed by atoms with Crippen LogP contribution < -0.4 is 0 Å². The van der Waals surface area contributed by atoms with E-state index in [2.05, 4.69) is 6.92 Å². The summed E-state index contributed by atoms with van der Waals surface area (Å²) in [5.74, 6) is -0.575. The molecule has 102 valence electrons. The van der Waals surface area contributed by atoms with Gasteiger partial charge in [-0.3, -0.25) is 0 Å². The molecule has 0 bridgehead atoms. The smallest absolute Gasteiger partial charge is 0.163 e. The van der Waals surface area contributed by atoms with Crippen molar-refractivity contribution in [3.05, 3.63) is 23.8 Å². The molecule has 0 saturated carbocycles. The summed E-state index contributed by atoms with van der Waals surface area (Å²) < 4.78 is 13.9. The SMILES string of the molecule is CCCCCCCCC(F)c1cccc(O)c1O. The second kappa shape index (κ2) is 7.96. The van der Waals surface area contributed by atoms with Crippen LogP contribution >= 0.6 is 0 Å². The van der Waals surface area contributed by atoms with Crippen molar-refractivity contribution < 1.29 is 14.6 Å². The Morgan fingerprint density at radius 2 is 1.72 bits per heavy atom. The van der Waals surface area contributed by atoms with Crippen molar-refractivity contribution >= 4 is 0 Å². The first-order chi connectivity index (χ1) is 8.66. The highest BCUT2D eigenvalue weighted by atomic mass is 19.1. The molecule has 1 aromatic carbocycles. The minimum atomic E-state index is -1.19. The van der Waals surface area contributed by atoms with Gasteiger partial charge in [-0.25, -0.2) is 4.39 Å². The molecule has 0 spiro atoms. The van der Waals surface area contributed by atoms with Crippen LogP contribution in [0.4, 0.5) is 4.39 Å². The highest BCUT2D eigenvalue weighted by Crippen LogP contribution is 2.36. The van der Waals surface area contributed by atoms with Gasteiger partial charge in [0.05, 0.1) is 0 Å². The van der Waals surface area contributed by atoms with Crippen molar-refractivity contribution in [3.8, 4) is 11.5 Å². The average molecular weight is 254 g/mol. The molecule has 0 aliphatic rings. The van der Waals surface area contributed by atoms with Crippen LogP contribution in [0.2, 0.25) is 0 Å². The molecule has 18 heavy (non-hydrogen) atoms. The van der Waals surface area contributed by atoms with E-state index in [9.17, 15) is 14.6 Å². The Morgan fingerprint density at radius 1 is 1.06 bits per heavy atom. The zero-order valence-electron chi connectivity index (χ0n) is 11.0. The Bertz CT molecular complexity index is 352. The summed E-state index contributed by atoms with van der Waals surface area (Å²) in [4.78, 5) is 0. The largest absolute Gasteiger partial charge is 0.504 e. The first-order valence-electron chi connectivity index (χ1n) is 6.81. The van der Waals surface area contributed by atoms with E-state index < -0.39 is 6.17 Å². The third-order valence-electron chi connectivity index (χ3n) is 3.19. The Hall–Kier alpha value is -1.25. The molecule has 0 aromatic heterocycles. The highest BCUT2D eigenvalue weighted by Gasteiger charge is 2.15. The second-order valence-electron chi connectivity index (χ2n) is 4.74. The van der Waals surface area contributed by atoms with Crippen molar-refractivity contribution in [2.45, 2.75) is 58.0 Å². The number of halogens is 1. The maximum atomic E-state index is 13.9. The summed E-state index contributed by atoms with van der Waals surface area (Å²) in [7, 11) is 0. The van der Waals surface area contributed by atoms with Gasteiger partial charge in [-0.05, 0) is 12.5 Å². The summed E-state index contributed by atoms with van der Waals surface area (Å²) in [5, 5.41) is 18.9. The summed E-state index contributed by atoms with van der Waals surface area (Å²) in [6, 6.07) is 4.44. The van der Waals surface area contributed by atoms with E-state index in [0.29, 0.717) is 6.42 Å². The minimum Gasteiger partial charge on any atom is -0.504 e. The molecule has 1 rings (SSSR count). The Kier molecular flexibility index (Phi) is 6.55. The van der Waals surface area contributed by atoms with Crippen LogP contribution in [0.3, 0.4) is 0 Å². The van der Waals surface area contributed by atoms with Gasteiger partial charge in [0.25, 0.3) is 0 Å². The number of rotatable bonds is 8. The zero-order valence-corrected chi connectivity index (χ0v) is 11.0. The van der Waals surface area contributed by atoms with Crippen molar-refractivity contribution in [1.82, 2.24) is 0 Å². The molecule has 1 atom stereocenters. The van der Waals surface area contributed by atoms with Crippen molar-refractivity contribution in [1.29, 1.82) is 0 Å². The number of alkyl halides is 1.